The lowest BCUT2D eigenvalue weighted by molar-refractivity contribution is -0.0767. The van der Waals surface area contributed by atoms with Gasteiger partial charge < -0.3 is 14.4 Å². The Morgan fingerprint density at radius 1 is 0.968 bits per heavy atom. The van der Waals surface area contributed by atoms with E-state index >= 15 is 0 Å². The highest BCUT2D eigenvalue weighted by molar-refractivity contribution is 6.25. The van der Waals surface area contributed by atoms with E-state index in [0.29, 0.717) is 19.8 Å². The summed E-state index contributed by atoms with van der Waals surface area (Å²) in [5.41, 5.74) is 0.0643. The van der Waals surface area contributed by atoms with Crippen molar-refractivity contribution in [3.63, 3.8) is 0 Å². The van der Waals surface area contributed by atoms with Crippen molar-refractivity contribution in [3.8, 4) is 0 Å². The van der Waals surface area contributed by atoms with E-state index in [1.165, 1.54) is 0 Å². The van der Waals surface area contributed by atoms with Crippen molar-refractivity contribution < 1.29 is 14.3 Å². The quantitative estimate of drug-likeness (QED) is 0.620. The molecule has 2 aliphatic heterocycles. The zero-order valence-corrected chi connectivity index (χ0v) is 20.1. The Labute approximate surface area is 187 Å². The van der Waals surface area contributed by atoms with E-state index in [2.05, 4.69) is 32.6 Å². The molecule has 1 aromatic rings. The second-order valence-corrected chi connectivity index (χ2v) is 9.87. The number of nitrogens with zero attached hydrogens (tertiary/aromatic N) is 4. The third kappa shape index (κ3) is 4.23. The highest BCUT2D eigenvalue weighted by Crippen LogP contribution is 2.50. The number of carbonyl (C=O) groups excluding carboxylic acids is 1. The highest BCUT2D eigenvalue weighted by Gasteiger charge is 2.62. The van der Waals surface area contributed by atoms with Gasteiger partial charge in [0.05, 0.1) is 25.4 Å². The van der Waals surface area contributed by atoms with Gasteiger partial charge in [0.2, 0.25) is 0 Å². The Hall–Kier alpha value is -1.96. The van der Waals surface area contributed by atoms with Crippen LogP contribution in [0.5, 0.6) is 0 Å². The van der Waals surface area contributed by atoms with Crippen molar-refractivity contribution >= 4 is 17.6 Å². The summed E-state index contributed by atoms with van der Waals surface area (Å²) < 4.78 is 10.7. The lowest BCUT2D eigenvalue weighted by Crippen LogP contribution is -2.70. The number of piperidine rings is 1. The maximum Gasteiger partial charge on any atom is 0.330 e. The number of amidine groups is 1. The van der Waals surface area contributed by atoms with Crippen LogP contribution in [0, 0.1) is 0 Å². The number of methoxy groups -OCH3 is 2. The average molecular weight is 431 g/mol. The van der Waals surface area contributed by atoms with Gasteiger partial charge in [-0.3, -0.25) is 9.89 Å². The molecule has 0 saturated carbocycles. The summed E-state index contributed by atoms with van der Waals surface area (Å²) in [6.07, 6.45) is 1.59. The lowest BCUT2D eigenvalue weighted by atomic mass is 9.68. The first-order chi connectivity index (χ1) is 14.6. The number of rotatable bonds is 7. The molecule has 0 aromatic heterocycles. The maximum atomic E-state index is 13.6. The molecule has 0 bridgehead atoms. The molecule has 7 heteroatoms. The number of anilines is 1. The monoisotopic (exact) mass is 430 g/mol. The van der Waals surface area contributed by atoms with Crippen molar-refractivity contribution in [2.45, 2.75) is 57.2 Å². The molecule has 0 N–H and O–H groups in total. The Balaban J connectivity index is 2.10. The molecule has 0 radical (unpaired) electrons. The first kappa shape index (κ1) is 23.7. The van der Waals surface area contributed by atoms with Gasteiger partial charge in [-0.15, -0.1) is 0 Å². The van der Waals surface area contributed by atoms with Crippen LogP contribution in [0.4, 0.5) is 10.5 Å². The zero-order chi connectivity index (χ0) is 22.9. The summed E-state index contributed by atoms with van der Waals surface area (Å²) in [6.45, 7) is 11.6. The molecule has 2 aliphatic rings. The number of hydrogen-bond acceptors (Lipinski definition) is 5. The van der Waals surface area contributed by atoms with Gasteiger partial charge in [0, 0.05) is 38.9 Å². The van der Waals surface area contributed by atoms with Crippen molar-refractivity contribution in [1.82, 2.24) is 9.80 Å². The molecular formula is C24H38N4O3. The molecule has 2 heterocycles. The van der Waals surface area contributed by atoms with Gasteiger partial charge in [-0.2, -0.15) is 0 Å². The smallest absolute Gasteiger partial charge is 0.330 e. The normalized spacial score (nSPS) is 23.8. The number of urea groups is 1. The topological polar surface area (TPSA) is 57.6 Å². The van der Waals surface area contributed by atoms with E-state index in [4.69, 9.17) is 14.5 Å². The van der Waals surface area contributed by atoms with Gasteiger partial charge in [0.1, 0.15) is 11.4 Å². The molecule has 2 fully saturated rings. The van der Waals surface area contributed by atoms with Crippen LogP contribution in [0.3, 0.4) is 0 Å². The molecule has 0 atom stereocenters. The van der Waals surface area contributed by atoms with Crippen LogP contribution < -0.4 is 4.90 Å². The highest BCUT2D eigenvalue weighted by atomic mass is 16.5. The van der Waals surface area contributed by atoms with Gasteiger partial charge in [0.25, 0.3) is 0 Å². The van der Waals surface area contributed by atoms with Gasteiger partial charge in [-0.05, 0) is 52.7 Å². The van der Waals surface area contributed by atoms with Crippen LogP contribution in [0.2, 0.25) is 0 Å². The number of ether oxygens (including phenoxy) is 2. The minimum absolute atomic E-state index is 0.0284. The minimum Gasteiger partial charge on any atom is -0.383 e. The molecule has 0 aliphatic carbocycles. The number of likely N-dealkylation sites (N-methyl/N-ethyl adjacent to an activating group) is 1. The van der Waals surface area contributed by atoms with Gasteiger partial charge in [-0.1, -0.05) is 18.2 Å². The van der Waals surface area contributed by atoms with Crippen molar-refractivity contribution in [2.24, 2.45) is 4.99 Å². The summed E-state index contributed by atoms with van der Waals surface area (Å²) >= 11 is 0. The van der Waals surface area contributed by atoms with E-state index in [1.54, 1.807) is 19.1 Å². The Bertz CT molecular complexity index is 788. The van der Waals surface area contributed by atoms with Crippen molar-refractivity contribution in [1.29, 1.82) is 0 Å². The second-order valence-electron chi connectivity index (χ2n) is 9.87. The van der Waals surface area contributed by atoms with Gasteiger partial charge >= 0.3 is 6.03 Å². The number of aliphatic imine (C=N–C) groups is 1. The molecule has 172 valence electrons. The van der Waals surface area contributed by atoms with Crippen LogP contribution >= 0.6 is 0 Å². The van der Waals surface area contributed by atoms with Crippen LogP contribution in [-0.4, -0.2) is 85.9 Å². The molecule has 1 spiro atoms. The number of amides is 2. The molecule has 3 rings (SSSR count). The number of benzene rings is 1. The van der Waals surface area contributed by atoms with Gasteiger partial charge in [0.15, 0.2) is 0 Å². The standard InChI is InChI=1S/C24H38N4O3/c1-22(2)17-24(18-23(3,4)27(22)14-16-31-7)20(25-13-15-30-6)28(21(29)26(24)5)19-11-9-8-10-12-19/h8-12H,13-18H2,1-7H3. The summed E-state index contributed by atoms with van der Waals surface area (Å²) in [5.74, 6) is 0.829. The Kier molecular flexibility index (Phi) is 6.79. The van der Waals surface area contributed by atoms with Crippen molar-refractivity contribution in [3.05, 3.63) is 30.3 Å². The van der Waals surface area contributed by atoms with E-state index < -0.39 is 5.54 Å². The molecule has 7 nitrogen and oxygen atoms in total. The molecular weight excluding hydrogens is 392 g/mol. The first-order valence-corrected chi connectivity index (χ1v) is 11.0. The molecule has 2 amide bonds. The van der Waals surface area contributed by atoms with Crippen LogP contribution in [0.1, 0.15) is 40.5 Å². The predicted molar refractivity (Wildman–Crippen MR) is 125 cm³/mol. The SMILES string of the molecule is COCCN=C1N(c2ccccc2)C(=O)N(C)C12CC(C)(C)N(CCOC)C(C)(C)C2. The number of carbonyl (C=O) groups is 1. The summed E-state index contributed by atoms with van der Waals surface area (Å²) in [6, 6.07) is 9.80. The molecule has 31 heavy (non-hydrogen) atoms. The zero-order valence-electron chi connectivity index (χ0n) is 20.1. The van der Waals surface area contributed by atoms with E-state index in [1.807, 2.05) is 42.3 Å². The average Bonchev–Trinajstić information content (AvgIpc) is 2.88. The van der Waals surface area contributed by atoms with Crippen LogP contribution in [0.25, 0.3) is 0 Å². The lowest BCUT2D eigenvalue weighted by Gasteiger charge is -2.59. The van der Waals surface area contributed by atoms with E-state index in [-0.39, 0.29) is 17.1 Å². The summed E-state index contributed by atoms with van der Waals surface area (Å²) in [7, 11) is 5.35. The van der Waals surface area contributed by atoms with E-state index in [0.717, 1.165) is 30.9 Å². The fourth-order valence-corrected chi connectivity index (χ4v) is 5.74. The maximum absolute atomic E-state index is 13.6. The number of para-hydroxylation sites is 1. The fourth-order valence-electron chi connectivity index (χ4n) is 5.74. The Morgan fingerprint density at radius 3 is 2.10 bits per heavy atom. The number of likely N-dealkylation sites (tertiary alicyclic amines) is 1. The molecule has 0 unspecified atom stereocenters. The third-order valence-corrected chi connectivity index (χ3v) is 6.75. The fraction of sp³-hybridized carbons (Fsp3) is 0.667. The summed E-state index contributed by atoms with van der Waals surface area (Å²) in [4.78, 5) is 24.8. The first-order valence-electron chi connectivity index (χ1n) is 11.0. The van der Waals surface area contributed by atoms with Crippen LogP contribution in [0.15, 0.2) is 35.3 Å². The number of hydrogen-bond donors (Lipinski definition) is 0. The van der Waals surface area contributed by atoms with Crippen molar-refractivity contribution in [2.75, 3.05) is 52.5 Å². The third-order valence-electron chi connectivity index (χ3n) is 6.75. The van der Waals surface area contributed by atoms with Crippen LogP contribution in [-0.2, 0) is 9.47 Å². The predicted octanol–water partition coefficient (Wildman–Crippen LogP) is 3.64. The second kappa shape index (κ2) is 8.88. The molecule has 1 aromatic carbocycles. The van der Waals surface area contributed by atoms with Gasteiger partial charge in [-0.25, -0.2) is 9.69 Å². The molecule has 2 saturated heterocycles. The Morgan fingerprint density at radius 2 is 1.55 bits per heavy atom. The largest absolute Gasteiger partial charge is 0.383 e. The minimum atomic E-state index is -0.489. The van der Waals surface area contributed by atoms with E-state index in [9.17, 15) is 4.79 Å². The summed E-state index contributed by atoms with van der Waals surface area (Å²) in [5, 5.41) is 0.